The van der Waals surface area contributed by atoms with Gasteiger partial charge in [-0.05, 0) is 18.6 Å². The van der Waals surface area contributed by atoms with Gasteiger partial charge in [0.05, 0.1) is 5.52 Å². The zero-order valence-corrected chi connectivity index (χ0v) is 8.81. The van der Waals surface area contributed by atoms with Crippen molar-refractivity contribution in [2.45, 2.75) is 6.92 Å². The molecule has 0 unspecified atom stereocenters. The van der Waals surface area contributed by atoms with Crippen molar-refractivity contribution in [3.63, 3.8) is 0 Å². The second-order valence-corrected chi connectivity index (χ2v) is 3.53. The van der Waals surface area contributed by atoms with Gasteiger partial charge in [-0.2, -0.15) is 0 Å². The molecule has 0 fully saturated rings. The summed E-state index contributed by atoms with van der Waals surface area (Å²) >= 11 is 0. The Morgan fingerprint density at radius 3 is 2.53 bits per heavy atom. The highest BCUT2D eigenvalue weighted by Gasteiger charge is 2.10. The Labute approximate surface area is 85.6 Å². The third kappa shape index (κ3) is 1.20. The molecule has 0 amide bonds. The van der Waals surface area contributed by atoms with Gasteiger partial charge in [0, 0.05) is 20.3 Å². The number of hydrogen-bond acceptors (Lipinski definition) is 3. The summed E-state index contributed by atoms with van der Waals surface area (Å²) < 4.78 is 2.51. The zero-order chi connectivity index (χ0) is 11.2. The largest absolute Gasteiger partial charge is 0.331 e. The smallest absolute Gasteiger partial charge is 0.294 e. The highest BCUT2D eigenvalue weighted by molar-refractivity contribution is 5.76. The lowest BCUT2D eigenvalue weighted by molar-refractivity contribution is 0.709. The number of rotatable bonds is 0. The van der Waals surface area contributed by atoms with E-state index in [4.69, 9.17) is 0 Å². The number of aromatic nitrogens is 3. The standard InChI is InChI=1S/C10H11N3O2/c1-6-4-5-11-7-8(6)12(2)10(15)13(3)9(7)14/h4-5H,1-3H3. The van der Waals surface area contributed by atoms with Crippen LogP contribution in [-0.2, 0) is 14.1 Å². The Kier molecular flexibility index (Phi) is 1.96. The Hall–Kier alpha value is -1.91. The number of nitrogens with zero attached hydrogens (tertiary/aromatic N) is 3. The predicted molar refractivity (Wildman–Crippen MR) is 57.0 cm³/mol. The number of hydrogen-bond donors (Lipinski definition) is 0. The van der Waals surface area contributed by atoms with Gasteiger partial charge < -0.3 is 0 Å². The van der Waals surface area contributed by atoms with E-state index in [1.54, 1.807) is 19.3 Å². The van der Waals surface area contributed by atoms with Crippen molar-refractivity contribution in [2.24, 2.45) is 14.1 Å². The van der Waals surface area contributed by atoms with Crippen LogP contribution in [0.4, 0.5) is 0 Å². The summed E-state index contributed by atoms with van der Waals surface area (Å²) in [6, 6.07) is 1.78. The summed E-state index contributed by atoms with van der Waals surface area (Å²) in [4.78, 5) is 27.4. The van der Waals surface area contributed by atoms with Crippen molar-refractivity contribution in [1.82, 2.24) is 14.1 Å². The number of fused-ring (bicyclic) bond motifs is 1. The van der Waals surface area contributed by atoms with Gasteiger partial charge in [-0.1, -0.05) is 0 Å². The van der Waals surface area contributed by atoms with Crippen LogP contribution in [0.25, 0.3) is 11.0 Å². The molecule has 0 aliphatic rings. The van der Waals surface area contributed by atoms with E-state index in [2.05, 4.69) is 4.98 Å². The molecule has 5 heteroatoms. The minimum absolute atomic E-state index is 0.330. The average Bonchev–Trinajstić information content (AvgIpc) is 2.23. The Morgan fingerprint density at radius 1 is 1.20 bits per heavy atom. The Morgan fingerprint density at radius 2 is 1.87 bits per heavy atom. The van der Waals surface area contributed by atoms with E-state index in [-0.39, 0.29) is 11.2 Å². The summed E-state index contributed by atoms with van der Waals surface area (Å²) in [6.45, 7) is 1.85. The van der Waals surface area contributed by atoms with Gasteiger partial charge in [0.15, 0.2) is 5.52 Å². The highest BCUT2D eigenvalue weighted by atomic mass is 16.2. The number of pyridine rings is 1. The van der Waals surface area contributed by atoms with Gasteiger partial charge >= 0.3 is 5.69 Å². The third-order valence-electron chi connectivity index (χ3n) is 2.54. The van der Waals surface area contributed by atoms with Gasteiger partial charge in [0.1, 0.15) is 0 Å². The second kappa shape index (κ2) is 3.05. The van der Waals surface area contributed by atoms with Crippen LogP contribution in [0.3, 0.4) is 0 Å². The van der Waals surface area contributed by atoms with Crippen LogP contribution in [0, 0.1) is 6.92 Å². The third-order valence-corrected chi connectivity index (χ3v) is 2.54. The second-order valence-electron chi connectivity index (χ2n) is 3.53. The molecule has 0 saturated heterocycles. The first-order chi connectivity index (χ1) is 7.04. The first kappa shape index (κ1) is 9.64. The summed E-state index contributed by atoms with van der Waals surface area (Å²) in [7, 11) is 3.09. The molecule has 2 aromatic heterocycles. The lowest BCUT2D eigenvalue weighted by Gasteiger charge is -2.08. The van der Waals surface area contributed by atoms with Crippen molar-refractivity contribution in [3.05, 3.63) is 38.7 Å². The topological polar surface area (TPSA) is 56.9 Å². The van der Waals surface area contributed by atoms with E-state index in [0.29, 0.717) is 11.0 Å². The maximum Gasteiger partial charge on any atom is 0.331 e. The Balaban J connectivity index is 3.23. The van der Waals surface area contributed by atoms with Gasteiger partial charge in [-0.25, -0.2) is 9.78 Å². The maximum absolute atomic E-state index is 11.7. The zero-order valence-electron chi connectivity index (χ0n) is 8.81. The van der Waals surface area contributed by atoms with Crippen LogP contribution >= 0.6 is 0 Å². The lowest BCUT2D eigenvalue weighted by atomic mass is 10.2. The van der Waals surface area contributed by atoms with Gasteiger partial charge in [0.2, 0.25) is 0 Å². The molecular formula is C10H11N3O2. The van der Waals surface area contributed by atoms with Crippen LogP contribution < -0.4 is 11.2 Å². The highest BCUT2D eigenvalue weighted by Crippen LogP contribution is 2.08. The molecule has 0 bridgehead atoms. The van der Waals surface area contributed by atoms with E-state index in [9.17, 15) is 9.59 Å². The van der Waals surface area contributed by atoms with Crippen molar-refractivity contribution in [3.8, 4) is 0 Å². The first-order valence-corrected chi connectivity index (χ1v) is 4.55. The molecule has 0 aliphatic heterocycles. The maximum atomic E-state index is 11.7. The molecule has 0 aliphatic carbocycles. The van der Waals surface area contributed by atoms with E-state index < -0.39 is 0 Å². The predicted octanol–water partition coefficient (Wildman–Crippen LogP) is -0.0594. The van der Waals surface area contributed by atoms with E-state index >= 15 is 0 Å². The molecule has 0 radical (unpaired) electrons. The molecule has 0 N–H and O–H groups in total. The van der Waals surface area contributed by atoms with E-state index in [0.717, 1.165) is 10.1 Å². The molecule has 2 rings (SSSR count). The lowest BCUT2D eigenvalue weighted by Crippen LogP contribution is -2.37. The van der Waals surface area contributed by atoms with Crippen molar-refractivity contribution in [2.75, 3.05) is 0 Å². The minimum Gasteiger partial charge on any atom is -0.294 e. The van der Waals surface area contributed by atoms with Crippen LogP contribution in [0.1, 0.15) is 5.56 Å². The summed E-state index contributed by atoms with van der Waals surface area (Å²) in [5.74, 6) is 0. The van der Waals surface area contributed by atoms with Gasteiger partial charge in [-0.3, -0.25) is 13.9 Å². The van der Waals surface area contributed by atoms with Crippen molar-refractivity contribution in [1.29, 1.82) is 0 Å². The normalized spacial score (nSPS) is 10.9. The SMILES string of the molecule is Cc1ccnc2c(=O)n(C)c(=O)n(C)c12. The molecule has 0 atom stereocenters. The van der Waals surface area contributed by atoms with Crippen LogP contribution in [-0.4, -0.2) is 14.1 Å². The molecule has 0 saturated carbocycles. The quantitative estimate of drug-likeness (QED) is 0.605. The molecular weight excluding hydrogens is 194 g/mol. The minimum atomic E-state index is -0.350. The van der Waals surface area contributed by atoms with Crippen molar-refractivity contribution >= 4 is 11.0 Å². The molecule has 2 aromatic rings. The van der Waals surface area contributed by atoms with Gasteiger partial charge in [-0.15, -0.1) is 0 Å². The first-order valence-electron chi connectivity index (χ1n) is 4.55. The summed E-state index contributed by atoms with van der Waals surface area (Å²) in [6.07, 6.45) is 1.57. The van der Waals surface area contributed by atoms with Crippen LogP contribution in [0.2, 0.25) is 0 Å². The summed E-state index contributed by atoms with van der Waals surface area (Å²) in [5.41, 5.74) is 1.13. The molecule has 2 heterocycles. The summed E-state index contributed by atoms with van der Waals surface area (Å²) in [5, 5.41) is 0. The fourth-order valence-electron chi connectivity index (χ4n) is 1.70. The molecule has 78 valence electrons. The molecule has 5 nitrogen and oxygen atoms in total. The molecule has 15 heavy (non-hydrogen) atoms. The fraction of sp³-hybridized carbons (Fsp3) is 0.300. The Bertz CT molecular complexity index is 652. The fourth-order valence-corrected chi connectivity index (χ4v) is 1.70. The number of aryl methyl sites for hydroxylation is 2. The average molecular weight is 205 g/mol. The monoisotopic (exact) mass is 205 g/mol. The van der Waals surface area contributed by atoms with E-state index in [1.807, 2.05) is 6.92 Å². The van der Waals surface area contributed by atoms with Crippen LogP contribution in [0.15, 0.2) is 21.9 Å². The van der Waals surface area contributed by atoms with Crippen LogP contribution in [0.5, 0.6) is 0 Å². The van der Waals surface area contributed by atoms with Crippen molar-refractivity contribution < 1.29 is 0 Å². The molecule has 0 aromatic carbocycles. The van der Waals surface area contributed by atoms with Gasteiger partial charge in [0.25, 0.3) is 5.56 Å². The van der Waals surface area contributed by atoms with E-state index in [1.165, 1.54) is 11.6 Å². The molecule has 0 spiro atoms.